The third kappa shape index (κ3) is 0.932. The van der Waals surface area contributed by atoms with E-state index in [1.165, 1.54) is 6.07 Å². The summed E-state index contributed by atoms with van der Waals surface area (Å²) in [6, 6.07) is 1.53. The maximum Gasteiger partial charge on any atom is 0.128 e. The lowest BCUT2D eigenvalue weighted by molar-refractivity contribution is 1.05. The van der Waals surface area contributed by atoms with E-state index in [1.807, 2.05) is 0 Å². The maximum absolute atomic E-state index is 5.28. The summed E-state index contributed by atoms with van der Waals surface area (Å²) < 4.78 is 0. The van der Waals surface area contributed by atoms with Crippen LogP contribution in [0.15, 0.2) is 6.07 Å². The molecule has 0 aromatic carbocycles. The molecule has 0 bridgehead atoms. The maximum atomic E-state index is 5.28. The fourth-order valence-corrected chi connectivity index (χ4v) is 0.436. The van der Waals surface area contributed by atoms with Gasteiger partial charge in [0.25, 0.3) is 0 Å². The van der Waals surface area contributed by atoms with Crippen LogP contribution < -0.4 is 5.73 Å². The van der Waals surface area contributed by atoms with E-state index in [0.717, 1.165) is 0 Å². The second-order valence-corrected chi connectivity index (χ2v) is 1.47. The Bertz CT molecular complexity index is 168. The molecule has 2 N–H and O–H groups in total. The predicted molar refractivity (Wildman–Crippen MR) is 30.0 cm³/mol. The van der Waals surface area contributed by atoms with Gasteiger partial charge < -0.3 is 5.73 Å². The van der Waals surface area contributed by atoms with E-state index in [1.54, 1.807) is 6.92 Å². The van der Waals surface area contributed by atoms with Crippen LogP contribution in [0.3, 0.4) is 0 Å². The number of aryl methyl sites for hydroxylation is 1. The monoisotopic (exact) mass is 108 g/mol. The highest BCUT2D eigenvalue weighted by atomic mass is 14.9. The highest BCUT2D eigenvalue weighted by molar-refractivity contribution is 5.23. The highest BCUT2D eigenvalue weighted by Gasteiger charge is 1.84. The van der Waals surface area contributed by atoms with E-state index in [2.05, 4.69) is 16.2 Å². The van der Waals surface area contributed by atoms with Crippen molar-refractivity contribution in [3.05, 3.63) is 18.1 Å². The first-order valence-corrected chi connectivity index (χ1v) is 2.26. The molecule has 1 radical (unpaired) electrons. The van der Waals surface area contributed by atoms with E-state index < -0.39 is 0 Å². The van der Waals surface area contributed by atoms with Crippen LogP contribution in [0.2, 0.25) is 0 Å². The smallest absolute Gasteiger partial charge is 0.128 e. The molecule has 0 saturated heterocycles. The summed E-state index contributed by atoms with van der Waals surface area (Å²) in [7, 11) is 0. The Labute approximate surface area is 47.6 Å². The van der Waals surface area contributed by atoms with Gasteiger partial charge in [-0.15, -0.1) is 0 Å². The molecule has 1 aromatic heterocycles. The first-order chi connectivity index (χ1) is 3.79. The van der Waals surface area contributed by atoms with Crippen molar-refractivity contribution in [2.24, 2.45) is 0 Å². The Kier molecular flexibility index (Phi) is 1.12. The second-order valence-electron chi connectivity index (χ2n) is 1.47. The summed E-state index contributed by atoms with van der Waals surface area (Å²) in [4.78, 5) is 7.53. The lowest BCUT2D eigenvalue weighted by Crippen LogP contribution is -1.92. The molecule has 8 heavy (non-hydrogen) atoms. The molecule has 1 heterocycles. The van der Waals surface area contributed by atoms with Crippen molar-refractivity contribution >= 4 is 5.82 Å². The van der Waals surface area contributed by atoms with Crippen molar-refractivity contribution in [2.45, 2.75) is 6.92 Å². The topological polar surface area (TPSA) is 51.8 Å². The van der Waals surface area contributed by atoms with Crippen molar-refractivity contribution < 1.29 is 0 Å². The van der Waals surface area contributed by atoms with Crippen molar-refractivity contribution in [1.82, 2.24) is 9.97 Å². The molecule has 1 rings (SSSR count). The molecule has 41 valence electrons. The third-order valence-electron chi connectivity index (χ3n) is 0.730. The zero-order valence-corrected chi connectivity index (χ0v) is 4.55. The summed E-state index contributed by atoms with van der Waals surface area (Å²) in [5, 5.41) is 0. The fraction of sp³-hybridized carbons (Fsp3) is 0.200. The molecule has 0 atom stereocenters. The molecule has 0 aliphatic rings. The van der Waals surface area contributed by atoms with Crippen molar-refractivity contribution in [3.63, 3.8) is 0 Å². The quantitative estimate of drug-likeness (QED) is 0.515. The molecular weight excluding hydrogens is 102 g/mol. The Morgan fingerprint density at radius 1 is 1.75 bits per heavy atom. The van der Waals surface area contributed by atoms with Crippen molar-refractivity contribution in [1.29, 1.82) is 0 Å². The van der Waals surface area contributed by atoms with Gasteiger partial charge in [0.15, 0.2) is 0 Å². The minimum Gasteiger partial charge on any atom is -0.384 e. The molecule has 0 amide bonds. The minimum atomic E-state index is 0.470. The van der Waals surface area contributed by atoms with Crippen LogP contribution >= 0.6 is 0 Å². The zero-order valence-electron chi connectivity index (χ0n) is 4.55. The SMILES string of the molecule is Cc1n[c]cc(N)n1. The van der Waals surface area contributed by atoms with Crippen LogP contribution in [0.4, 0.5) is 5.82 Å². The number of nitrogens with zero attached hydrogens (tertiary/aromatic N) is 2. The largest absolute Gasteiger partial charge is 0.384 e. The van der Waals surface area contributed by atoms with Crippen LogP contribution in [-0.2, 0) is 0 Å². The Hall–Kier alpha value is -1.12. The fourth-order valence-electron chi connectivity index (χ4n) is 0.436. The van der Waals surface area contributed by atoms with Gasteiger partial charge in [0.1, 0.15) is 11.6 Å². The molecule has 0 saturated carbocycles. The average molecular weight is 108 g/mol. The number of nitrogens with two attached hydrogens (primary N) is 1. The summed E-state index contributed by atoms with van der Waals surface area (Å²) >= 11 is 0. The summed E-state index contributed by atoms with van der Waals surface area (Å²) in [6.45, 7) is 1.77. The van der Waals surface area contributed by atoms with Crippen LogP contribution in [0.25, 0.3) is 0 Å². The van der Waals surface area contributed by atoms with Gasteiger partial charge in [-0.1, -0.05) is 0 Å². The van der Waals surface area contributed by atoms with E-state index in [4.69, 9.17) is 5.73 Å². The van der Waals surface area contributed by atoms with Crippen LogP contribution in [0, 0.1) is 13.1 Å². The highest BCUT2D eigenvalue weighted by Crippen LogP contribution is 1.91. The van der Waals surface area contributed by atoms with E-state index >= 15 is 0 Å². The van der Waals surface area contributed by atoms with Gasteiger partial charge in [0.2, 0.25) is 0 Å². The van der Waals surface area contributed by atoms with Gasteiger partial charge in [0.05, 0.1) is 6.20 Å². The Balaban J connectivity index is 3.08. The number of hydrogen-bond donors (Lipinski definition) is 1. The minimum absolute atomic E-state index is 0.470. The van der Waals surface area contributed by atoms with Crippen molar-refractivity contribution in [2.75, 3.05) is 5.73 Å². The van der Waals surface area contributed by atoms with Crippen molar-refractivity contribution in [3.8, 4) is 0 Å². The lowest BCUT2D eigenvalue weighted by Gasteiger charge is -1.88. The number of rotatable bonds is 0. The molecule has 3 nitrogen and oxygen atoms in total. The van der Waals surface area contributed by atoms with E-state index in [9.17, 15) is 0 Å². The molecule has 0 spiro atoms. The van der Waals surface area contributed by atoms with Gasteiger partial charge in [-0.05, 0) is 6.92 Å². The Morgan fingerprint density at radius 2 is 2.50 bits per heavy atom. The molecular formula is C5H6N3. The summed E-state index contributed by atoms with van der Waals surface area (Å²) in [5.74, 6) is 1.13. The Morgan fingerprint density at radius 3 is 2.88 bits per heavy atom. The van der Waals surface area contributed by atoms with Crippen LogP contribution in [-0.4, -0.2) is 9.97 Å². The first kappa shape index (κ1) is 5.03. The van der Waals surface area contributed by atoms with Gasteiger partial charge in [-0.3, -0.25) is 0 Å². The molecule has 3 heteroatoms. The van der Waals surface area contributed by atoms with Gasteiger partial charge in [-0.25, -0.2) is 9.97 Å². The van der Waals surface area contributed by atoms with Crippen LogP contribution in [0.5, 0.6) is 0 Å². The van der Waals surface area contributed by atoms with Gasteiger partial charge >= 0.3 is 0 Å². The number of hydrogen-bond acceptors (Lipinski definition) is 3. The van der Waals surface area contributed by atoms with E-state index in [0.29, 0.717) is 11.6 Å². The normalized spacial score (nSPS) is 9.12. The number of nitrogen functional groups attached to an aromatic ring is 1. The number of aromatic nitrogens is 2. The number of anilines is 1. The molecule has 1 aromatic rings. The third-order valence-corrected chi connectivity index (χ3v) is 0.730. The van der Waals surface area contributed by atoms with Crippen LogP contribution in [0.1, 0.15) is 5.82 Å². The predicted octanol–water partition coefficient (Wildman–Crippen LogP) is 0.167. The lowest BCUT2D eigenvalue weighted by atomic mass is 10.6. The molecule has 0 unspecified atom stereocenters. The molecule has 0 aliphatic heterocycles. The summed E-state index contributed by atoms with van der Waals surface area (Å²) in [6.07, 6.45) is 2.59. The zero-order chi connectivity index (χ0) is 5.98. The first-order valence-electron chi connectivity index (χ1n) is 2.26. The average Bonchev–Trinajstić information content (AvgIpc) is 1.64. The molecule has 0 fully saturated rings. The van der Waals surface area contributed by atoms with E-state index in [-0.39, 0.29) is 0 Å². The summed E-state index contributed by atoms with van der Waals surface area (Å²) in [5.41, 5.74) is 5.28. The van der Waals surface area contributed by atoms with Gasteiger partial charge in [-0.2, -0.15) is 0 Å². The molecule has 0 aliphatic carbocycles. The van der Waals surface area contributed by atoms with Gasteiger partial charge in [0, 0.05) is 6.07 Å². The standard InChI is InChI=1S/C5H6N3/c1-4-7-3-2-5(6)8-4/h2H,1H3,(H2,6,7,8). The second kappa shape index (κ2) is 1.78.